The fourth-order valence-corrected chi connectivity index (χ4v) is 1.91. The molecule has 0 spiro atoms. The van der Waals surface area contributed by atoms with Gasteiger partial charge in [0.25, 0.3) is 0 Å². The van der Waals surface area contributed by atoms with Crippen LogP contribution in [0.15, 0.2) is 18.2 Å². The lowest BCUT2D eigenvalue weighted by Crippen LogP contribution is -2.43. The van der Waals surface area contributed by atoms with Crippen molar-refractivity contribution in [1.82, 2.24) is 10.2 Å². The summed E-state index contributed by atoms with van der Waals surface area (Å²) in [4.78, 5) is 2.24. The molecule has 2 rings (SSSR count). The van der Waals surface area contributed by atoms with Crippen molar-refractivity contribution < 1.29 is 9.13 Å². The first-order valence-corrected chi connectivity index (χ1v) is 5.55. The summed E-state index contributed by atoms with van der Waals surface area (Å²) >= 11 is 0. The van der Waals surface area contributed by atoms with Gasteiger partial charge in [-0.15, -0.1) is 0 Å². The second-order valence-corrected chi connectivity index (χ2v) is 3.98. The number of piperazine rings is 1. The molecule has 1 saturated heterocycles. The molecule has 1 heterocycles. The van der Waals surface area contributed by atoms with E-state index in [0.29, 0.717) is 17.9 Å². The summed E-state index contributed by atoms with van der Waals surface area (Å²) in [7, 11) is 1.60. The highest BCUT2D eigenvalue weighted by Gasteiger charge is 2.12. The summed E-state index contributed by atoms with van der Waals surface area (Å²) < 4.78 is 18.7. The van der Waals surface area contributed by atoms with Gasteiger partial charge in [-0.3, -0.25) is 4.90 Å². The Balaban J connectivity index is 2.06. The summed E-state index contributed by atoms with van der Waals surface area (Å²) in [6, 6.07) is 4.89. The first kappa shape index (κ1) is 11.4. The van der Waals surface area contributed by atoms with Gasteiger partial charge in [-0.25, -0.2) is 4.39 Å². The Morgan fingerprint density at radius 2 is 2.12 bits per heavy atom. The zero-order valence-corrected chi connectivity index (χ0v) is 9.50. The van der Waals surface area contributed by atoms with Crippen LogP contribution in [0.2, 0.25) is 0 Å². The standard InChI is InChI=1S/C12H17FN2O/c1-16-11-2-3-12(13)10(8-11)9-15-6-4-14-5-7-15/h2-3,8,14H,4-7,9H2,1H3. The van der Waals surface area contributed by atoms with Gasteiger partial charge >= 0.3 is 0 Å². The number of hydrogen-bond acceptors (Lipinski definition) is 3. The number of rotatable bonds is 3. The van der Waals surface area contributed by atoms with Gasteiger partial charge < -0.3 is 10.1 Å². The van der Waals surface area contributed by atoms with Gasteiger partial charge in [-0.2, -0.15) is 0 Å². The molecule has 0 saturated carbocycles. The van der Waals surface area contributed by atoms with Crippen LogP contribution in [0.4, 0.5) is 4.39 Å². The molecule has 1 N–H and O–H groups in total. The molecule has 3 nitrogen and oxygen atoms in total. The van der Waals surface area contributed by atoms with Gasteiger partial charge in [-0.05, 0) is 18.2 Å². The van der Waals surface area contributed by atoms with Crippen LogP contribution in [0.5, 0.6) is 5.75 Å². The van der Waals surface area contributed by atoms with Crippen LogP contribution in [0, 0.1) is 5.82 Å². The number of hydrogen-bond donors (Lipinski definition) is 1. The minimum absolute atomic E-state index is 0.153. The molecule has 1 aromatic rings. The van der Waals surface area contributed by atoms with Crippen molar-refractivity contribution in [2.75, 3.05) is 33.3 Å². The van der Waals surface area contributed by atoms with Crippen LogP contribution in [0.3, 0.4) is 0 Å². The van der Waals surface area contributed by atoms with Gasteiger partial charge in [0, 0.05) is 38.3 Å². The fraction of sp³-hybridized carbons (Fsp3) is 0.500. The van der Waals surface area contributed by atoms with Crippen molar-refractivity contribution in [1.29, 1.82) is 0 Å². The lowest BCUT2D eigenvalue weighted by Gasteiger charge is -2.27. The molecule has 1 aliphatic heterocycles. The SMILES string of the molecule is COc1ccc(F)c(CN2CCNCC2)c1. The molecular weight excluding hydrogens is 207 g/mol. The molecule has 0 amide bonds. The van der Waals surface area contributed by atoms with Crippen LogP contribution >= 0.6 is 0 Å². The van der Waals surface area contributed by atoms with E-state index in [1.54, 1.807) is 19.2 Å². The molecule has 1 aliphatic rings. The molecule has 0 unspecified atom stereocenters. The first-order chi connectivity index (χ1) is 7.79. The Kier molecular flexibility index (Phi) is 3.74. The highest BCUT2D eigenvalue weighted by Crippen LogP contribution is 2.18. The molecule has 0 bridgehead atoms. The fourth-order valence-electron chi connectivity index (χ4n) is 1.91. The summed E-state index contributed by atoms with van der Waals surface area (Å²) in [6.07, 6.45) is 0. The van der Waals surface area contributed by atoms with Crippen LogP contribution in [-0.4, -0.2) is 38.2 Å². The average molecular weight is 224 g/mol. The largest absolute Gasteiger partial charge is 0.497 e. The zero-order chi connectivity index (χ0) is 11.4. The Morgan fingerprint density at radius 3 is 2.81 bits per heavy atom. The maximum Gasteiger partial charge on any atom is 0.127 e. The molecule has 0 atom stereocenters. The highest BCUT2D eigenvalue weighted by atomic mass is 19.1. The van der Waals surface area contributed by atoms with E-state index in [4.69, 9.17) is 4.74 Å². The van der Waals surface area contributed by atoms with Crippen molar-refractivity contribution in [3.8, 4) is 5.75 Å². The Morgan fingerprint density at radius 1 is 1.38 bits per heavy atom. The van der Waals surface area contributed by atoms with Gasteiger partial charge in [0.15, 0.2) is 0 Å². The average Bonchev–Trinajstić information content (AvgIpc) is 2.33. The van der Waals surface area contributed by atoms with Gasteiger partial charge in [0.05, 0.1) is 7.11 Å². The topological polar surface area (TPSA) is 24.5 Å². The Hall–Kier alpha value is -1.13. The number of halogens is 1. The third-order valence-electron chi connectivity index (χ3n) is 2.86. The lowest BCUT2D eigenvalue weighted by atomic mass is 10.1. The van der Waals surface area contributed by atoms with Crippen LogP contribution in [0.1, 0.15) is 5.56 Å². The van der Waals surface area contributed by atoms with Crippen molar-refractivity contribution >= 4 is 0 Å². The highest BCUT2D eigenvalue weighted by molar-refractivity contribution is 5.29. The van der Waals surface area contributed by atoms with Crippen molar-refractivity contribution in [2.24, 2.45) is 0 Å². The Bertz CT molecular complexity index is 351. The smallest absolute Gasteiger partial charge is 0.127 e. The summed E-state index contributed by atoms with van der Waals surface area (Å²) in [6.45, 7) is 4.55. The second-order valence-electron chi connectivity index (χ2n) is 3.98. The quantitative estimate of drug-likeness (QED) is 0.836. The van der Waals surface area contributed by atoms with Crippen LogP contribution in [-0.2, 0) is 6.54 Å². The minimum Gasteiger partial charge on any atom is -0.497 e. The monoisotopic (exact) mass is 224 g/mol. The Labute approximate surface area is 95.2 Å². The van der Waals surface area contributed by atoms with E-state index in [1.807, 2.05) is 0 Å². The third-order valence-corrected chi connectivity index (χ3v) is 2.86. The number of benzene rings is 1. The van der Waals surface area contributed by atoms with Crippen molar-refractivity contribution in [2.45, 2.75) is 6.54 Å². The summed E-state index contributed by atoms with van der Waals surface area (Å²) in [5.74, 6) is 0.561. The van der Waals surface area contributed by atoms with E-state index in [0.717, 1.165) is 26.2 Å². The van der Waals surface area contributed by atoms with Crippen LogP contribution in [0.25, 0.3) is 0 Å². The zero-order valence-electron chi connectivity index (χ0n) is 9.50. The van der Waals surface area contributed by atoms with E-state index < -0.39 is 0 Å². The van der Waals surface area contributed by atoms with Crippen LogP contribution < -0.4 is 10.1 Å². The second kappa shape index (κ2) is 5.27. The van der Waals surface area contributed by atoms with E-state index in [1.165, 1.54) is 6.07 Å². The third kappa shape index (κ3) is 2.71. The van der Waals surface area contributed by atoms with Gasteiger partial charge in [-0.1, -0.05) is 0 Å². The molecule has 16 heavy (non-hydrogen) atoms. The molecule has 1 aromatic carbocycles. The van der Waals surface area contributed by atoms with E-state index in [2.05, 4.69) is 10.2 Å². The van der Waals surface area contributed by atoms with E-state index in [-0.39, 0.29) is 5.82 Å². The van der Waals surface area contributed by atoms with Crippen molar-refractivity contribution in [3.63, 3.8) is 0 Å². The number of nitrogens with zero attached hydrogens (tertiary/aromatic N) is 1. The molecule has 0 aliphatic carbocycles. The lowest BCUT2D eigenvalue weighted by molar-refractivity contribution is 0.230. The predicted molar refractivity (Wildman–Crippen MR) is 61.1 cm³/mol. The number of methoxy groups -OCH3 is 1. The molecular formula is C12H17FN2O. The molecule has 0 aromatic heterocycles. The number of nitrogens with one attached hydrogen (secondary N) is 1. The van der Waals surface area contributed by atoms with Gasteiger partial charge in [0.2, 0.25) is 0 Å². The van der Waals surface area contributed by atoms with Gasteiger partial charge in [0.1, 0.15) is 11.6 Å². The minimum atomic E-state index is -0.153. The summed E-state index contributed by atoms with van der Waals surface area (Å²) in [5.41, 5.74) is 0.709. The normalized spacial score (nSPS) is 17.4. The number of ether oxygens (including phenoxy) is 1. The molecule has 88 valence electrons. The molecule has 4 heteroatoms. The maximum absolute atomic E-state index is 13.6. The predicted octanol–water partition coefficient (Wildman–Crippen LogP) is 1.24. The van der Waals surface area contributed by atoms with E-state index >= 15 is 0 Å². The van der Waals surface area contributed by atoms with Crippen molar-refractivity contribution in [3.05, 3.63) is 29.6 Å². The summed E-state index contributed by atoms with van der Waals surface area (Å²) in [5, 5.41) is 3.28. The molecule has 1 fully saturated rings. The van der Waals surface area contributed by atoms with E-state index in [9.17, 15) is 4.39 Å². The molecule has 0 radical (unpaired) electrons. The maximum atomic E-state index is 13.6. The first-order valence-electron chi connectivity index (χ1n) is 5.55.